The first-order valence-corrected chi connectivity index (χ1v) is 6.82. The highest BCUT2D eigenvalue weighted by molar-refractivity contribution is 5.83. The SMILES string of the molecule is Cn1cc(C(NC(=O)NCCC2CCC2)C(=O)O)cn1. The molecular weight excluding hydrogens is 260 g/mol. The number of rotatable bonds is 6. The van der Waals surface area contributed by atoms with Crippen molar-refractivity contribution in [3.8, 4) is 0 Å². The Labute approximate surface area is 117 Å². The summed E-state index contributed by atoms with van der Waals surface area (Å²) in [5, 5.41) is 18.2. The molecule has 0 aliphatic heterocycles. The van der Waals surface area contributed by atoms with E-state index in [0.717, 1.165) is 6.42 Å². The van der Waals surface area contributed by atoms with E-state index >= 15 is 0 Å². The average molecular weight is 280 g/mol. The van der Waals surface area contributed by atoms with Crippen LogP contribution in [0.4, 0.5) is 4.79 Å². The first-order valence-electron chi connectivity index (χ1n) is 6.82. The van der Waals surface area contributed by atoms with E-state index < -0.39 is 18.0 Å². The molecular formula is C13H20N4O3. The zero-order chi connectivity index (χ0) is 14.5. The molecule has 0 saturated heterocycles. The Morgan fingerprint density at radius 1 is 1.55 bits per heavy atom. The minimum atomic E-state index is -1.10. The van der Waals surface area contributed by atoms with Crippen molar-refractivity contribution >= 4 is 12.0 Å². The lowest BCUT2D eigenvalue weighted by atomic mass is 9.83. The summed E-state index contributed by atoms with van der Waals surface area (Å²) in [6.45, 7) is 0.579. The highest BCUT2D eigenvalue weighted by Crippen LogP contribution is 2.28. The van der Waals surface area contributed by atoms with Crippen molar-refractivity contribution in [2.24, 2.45) is 13.0 Å². The van der Waals surface area contributed by atoms with Gasteiger partial charge in [-0.15, -0.1) is 0 Å². The van der Waals surface area contributed by atoms with Gasteiger partial charge in [0.25, 0.3) is 0 Å². The van der Waals surface area contributed by atoms with Crippen molar-refractivity contribution in [2.75, 3.05) is 6.54 Å². The van der Waals surface area contributed by atoms with E-state index in [1.807, 2.05) is 0 Å². The third kappa shape index (κ3) is 3.72. The van der Waals surface area contributed by atoms with Gasteiger partial charge in [-0.2, -0.15) is 5.10 Å². The predicted octanol–water partition coefficient (Wildman–Crippen LogP) is 1.04. The Morgan fingerprint density at radius 2 is 2.30 bits per heavy atom. The van der Waals surface area contributed by atoms with Gasteiger partial charge < -0.3 is 15.7 Å². The van der Waals surface area contributed by atoms with E-state index in [4.69, 9.17) is 5.11 Å². The van der Waals surface area contributed by atoms with Crippen LogP contribution in [0.1, 0.15) is 37.3 Å². The molecule has 1 aromatic heterocycles. The molecule has 3 N–H and O–H groups in total. The Balaban J connectivity index is 1.81. The summed E-state index contributed by atoms with van der Waals surface area (Å²) in [7, 11) is 1.70. The number of hydrogen-bond donors (Lipinski definition) is 3. The van der Waals surface area contributed by atoms with Crippen LogP contribution < -0.4 is 10.6 Å². The van der Waals surface area contributed by atoms with Crippen LogP contribution in [-0.2, 0) is 11.8 Å². The zero-order valence-corrected chi connectivity index (χ0v) is 11.5. The predicted molar refractivity (Wildman–Crippen MR) is 72.1 cm³/mol. The molecule has 1 atom stereocenters. The van der Waals surface area contributed by atoms with Crippen molar-refractivity contribution in [3.05, 3.63) is 18.0 Å². The second-order valence-corrected chi connectivity index (χ2v) is 5.20. The van der Waals surface area contributed by atoms with E-state index in [1.165, 1.54) is 30.1 Å². The van der Waals surface area contributed by atoms with Crippen molar-refractivity contribution in [3.63, 3.8) is 0 Å². The Bertz CT molecular complexity index is 482. The lowest BCUT2D eigenvalue weighted by molar-refractivity contribution is -0.139. The molecule has 1 aromatic rings. The number of carbonyl (C=O) groups is 2. The molecule has 0 spiro atoms. The maximum Gasteiger partial charge on any atom is 0.331 e. The van der Waals surface area contributed by atoms with Gasteiger partial charge in [-0.05, 0) is 12.3 Å². The van der Waals surface area contributed by atoms with Gasteiger partial charge in [0, 0.05) is 25.4 Å². The molecule has 7 heteroatoms. The largest absolute Gasteiger partial charge is 0.479 e. The highest BCUT2D eigenvalue weighted by atomic mass is 16.4. The van der Waals surface area contributed by atoms with Gasteiger partial charge in [0.2, 0.25) is 0 Å². The van der Waals surface area contributed by atoms with Gasteiger partial charge in [-0.3, -0.25) is 4.68 Å². The van der Waals surface area contributed by atoms with E-state index in [-0.39, 0.29) is 0 Å². The third-order valence-electron chi connectivity index (χ3n) is 3.64. The van der Waals surface area contributed by atoms with Crippen molar-refractivity contribution in [1.82, 2.24) is 20.4 Å². The Morgan fingerprint density at radius 3 is 2.80 bits per heavy atom. The number of urea groups is 1. The molecule has 0 aromatic carbocycles. The van der Waals surface area contributed by atoms with Crippen molar-refractivity contribution in [1.29, 1.82) is 0 Å². The van der Waals surface area contributed by atoms with Gasteiger partial charge in [0.05, 0.1) is 6.20 Å². The summed E-state index contributed by atoms with van der Waals surface area (Å²) < 4.78 is 1.50. The zero-order valence-electron chi connectivity index (χ0n) is 11.5. The fourth-order valence-electron chi connectivity index (χ4n) is 2.23. The minimum absolute atomic E-state index is 0.453. The molecule has 7 nitrogen and oxygen atoms in total. The maximum absolute atomic E-state index is 11.7. The van der Waals surface area contributed by atoms with Crippen LogP contribution in [-0.4, -0.2) is 33.4 Å². The van der Waals surface area contributed by atoms with E-state index in [0.29, 0.717) is 18.0 Å². The topological polar surface area (TPSA) is 96.2 Å². The quantitative estimate of drug-likeness (QED) is 0.725. The summed E-state index contributed by atoms with van der Waals surface area (Å²) in [6, 6.07) is -1.53. The Hall–Kier alpha value is -2.05. The Kier molecular flexibility index (Phi) is 4.60. The lowest BCUT2D eigenvalue weighted by Crippen LogP contribution is -2.41. The summed E-state index contributed by atoms with van der Waals surface area (Å²) >= 11 is 0. The molecule has 20 heavy (non-hydrogen) atoms. The molecule has 1 fully saturated rings. The second kappa shape index (κ2) is 6.40. The molecule has 2 amide bonds. The number of nitrogens with one attached hydrogen (secondary N) is 2. The van der Waals surface area contributed by atoms with E-state index in [9.17, 15) is 9.59 Å². The summed E-state index contributed by atoms with van der Waals surface area (Å²) in [5.74, 6) is -0.393. The summed E-state index contributed by atoms with van der Waals surface area (Å²) in [5.41, 5.74) is 0.453. The number of aromatic nitrogens is 2. The molecule has 2 rings (SSSR count). The van der Waals surface area contributed by atoms with Crippen LogP contribution in [0, 0.1) is 5.92 Å². The molecule has 1 unspecified atom stereocenters. The van der Waals surface area contributed by atoms with Gasteiger partial charge in [0.1, 0.15) is 0 Å². The monoisotopic (exact) mass is 280 g/mol. The first kappa shape index (κ1) is 14.4. The molecule has 1 heterocycles. The third-order valence-corrected chi connectivity index (χ3v) is 3.64. The number of amides is 2. The molecule has 1 aliphatic carbocycles. The van der Waals surface area contributed by atoms with Crippen LogP contribution in [0.2, 0.25) is 0 Å². The minimum Gasteiger partial charge on any atom is -0.479 e. The fraction of sp³-hybridized carbons (Fsp3) is 0.615. The van der Waals surface area contributed by atoms with E-state index in [1.54, 1.807) is 13.2 Å². The standard InChI is InChI=1S/C13H20N4O3/c1-17-8-10(7-15-17)11(12(18)19)16-13(20)14-6-5-9-3-2-4-9/h7-9,11H,2-6H2,1H3,(H,18,19)(H2,14,16,20). The molecule has 0 radical (unpaired) electrons. The maximum atomic E-state index is 11.7. The van der Waals surface area contributed by atoms with Gasteiger partial charge in [0.15, 0.2) is 6.04 Å². The highest BCUT2D eigenvalue weighted by Gasteiger charge is 2.23. The number of carboxylic acid groups (broad SMARTS) is 1. The average Bonchev–Trinajstić information content (AvgIpc) is 2.75. The first-order chi connectivity index (χ1) is 9.56. The molecule has 1 saturated carbocycles. The molecule has 110 valence electrons. The van der Waals surface area contributed by atoms with Crippen LogP contribution in [0.15, 0.2) is 12.4 Å². The fourth-order valence-corrected chi connectivity index (χ4v) is 2.23. The van der Waals surface area contributed by atoms with Crippen LogP contribution in [0.25, 0.3) is 0 Å². The van der Waals surface area contributed by atoms with Crippen LogP contribution in [0.3, 0.4) is 0 Å². The number of hydrogen-bond acceptors (Lipinski definition) is 3. The number of aryl methyl sites for hydroxylation is 1. The van der Waals surface area contributed by atoms with Crippen molar-refractivity contribution < 1.29 is 14.7 Å². The van der Waals surface area contributed by atoms with Crippen LogP contribution in [0.5, 0.6) is 0 Å². The number of carbonyl (C=O) groups excluding carboxylic acids is 1. The van der Waals surface area contributed by atoms with Gasteiger partial charge in [-0.25, -0.2) is 9.59 Å². The number of nitrogens with zero attached hydrogens (tertiary/aromatic N) is 2. The summed E-state index contributed by atoms with van der Waals surface area (Å²) in [6.07, 6.45) is 7.71. The van der Waals surface area contributed by atoms with E-state index in [2.05, 4.69) is 15.7 Å². The van der Waals surface area contributed by atoms with Crippen molar-refractivity contribution in [2.45, 2.75) is 31.7 Å². The smallest absolute Gasteiger partial charge is 0.331 e. The number of carboxylic acids is 1. The summed E-state index contributed by atoms with van der Waals surface area (Å²) in [4.78, 5) is 22.9. The number of aliphatic carboxylic acids is 1. The molecule has 1 aliphatic rings. The van der Waals surface area contributed by atoms with Crippen LogP contribution >= 0.6 is 0 Å². The second-order valence-electron chi connectivity index (χ2n) is 5.20. The van der Waals surface area contributed by atoms with Gasteiger partial charge >= 0.3 is 12.0 Å². The van der Waals surface area contributed by atoms with Gasteiger partial charge in [-0.1, -0.05) is 19.3 Å². The molecule has 0 bridgehead atoms. The normalized spacial score (nSPS) is 16.2. The lowest BCUT2D eigenvalue weighted by Gasteiger charge is -2.25.